The second-order valence-electron chi connectivity index (χ2n) is 7.65. The molecule has 1 amide bonds. The number of hydrogen-bond donors (Lipinski definition) is 1. The Morgan fingerprint density at radius 1 is 1.14 bits per heavy atom. The number of aromatic nitrogens is 2. The zero-order chi connectivity index (χ0) is 24.9. The van der Waals surface area contributed by atoms with Crippen LogP contribution in [-0.2, 0) is 4.79 Å². The number of para-hydroxylation sites is 1. The zero-order valence-corrected chi connectivity index (χ0v) is 19.8. The Balaban J connectivity index is 1.64. The van der Waals surface area contributed by atoms with Gasteiger partial charge < -0.3 is 10.1 Å². The zero-order valence-electron chi connectivity index (χ0n) is 19.0. The molecule has 1 N–H and O–H groups in total. The van der Waals surface area contributed by atoms with Crippen molar-refractivity contribution in [3.05, 3.63) is 98.8 Å². The van der Waals surface area contributed by atoms with E-state index in [0.717, 1.165) is 17.3 Å². The van der Waals surface area contributed by atoms with Gasteiger partial charge in [0.05, 0.1) is 40.8 Å². The number of carbonyl (C=O) groups is 1. The predicted octanol–water partition coefficient (Wildman–Crippen LogP) is 4.65. The van der Waals surface area contributed by atoms with Crippen LogP contribution in [0.5, 0.6) is 5.75 Å². The van der Waals surface area contributed by atoms with Crippen molar-refractivity contribution in [2.45, 2.75) is 18.1 Å². The van der Waals surface area contributed by atoms with E-state index in [2.05, 4.69) is 10.3 Å². The maximum atomic E-state index is 13.4. The number of amides is 1. The fraction of sp³-hybridized carbons (Fsp3) is 0.160. The molecule has 1 aromatic heterocycles. The molecule has 0 aliphatic heterocycles. The van der Waals surface area contributed by atoms with Gasteiger partial charge in [-0.25, -0.2) is 4.98 Å². The van der Waals surface area contributed by atoms with Crippen molar-refractivity contribution in [3.63, 3.8) is 0 Å². The number of nitrogens with one attached hydrogen (secondary N) is 1. The predicted molar refractivity (Wildman–Crippen MR) is 135 cm³/mol. The Bertz CT molecular complexity index is 1460. The average molecular weight is 491 g/mol. The van der Waals surface area contributed by atoms with E-state index in [0.29, 0.717) is 21.8 Å². The molecule has 0 unspecified atom stereocenters. The van der Waals surface area contributed by atoms with E-state index in [1.165, 1.54) is 25.3 Å². The van der Waals surface area contributed by atoms with Gasteiger partial charge >= 0.3 is 0 Å². The van der Waals surface area contributed by atoms with Gasteiger partial charge in [0, 0.05) is 0 Å². The maximum Gasteiger partial charge on any atom is 0.296 e. The lowest BCUT2D eigenvalue weighted by Crippen LogP contribution is -2.27. The summed E-state index contributed by atoms with van der Waals surface area (Å²) in [5.74, 6) is -0.261. The summed E-state index contributed by atoms with van der Waals surface area (Å²) < 4.78 is 6.60. The van der Waals surface area contributed by atoms with Crippen molar-refractivity contribution in [1.29, 1.82) is 0 Å². The highest BCUT2D eigenvalue weighted by atomic mass is 32.2. The van der Waals surface area contributed by atoms with Crippen LogP contribution in [-0.4, -0.2) is 33.2 Å². The lowest BCUT2D eigenvalue weighted by molar-refractivity contribution is -0.384. The summed E-state index contributed by atoms with van der Waals surface area (Å²) in [6.45, 7) is 1.90. The molecule has 9 nitrogen and oxygen atoms in total. The van der Waals surface area contributed by atoms with Gasteiger partial charge in [0.15, 0.2) is 5.16 Å². The Hall–Kier alpha value is -4.18. The molecule has 178 valence electrons. The third kappa shape index (κ3) is 5.17. The number of fused-ring (bicyclic) bond motifs is 1. The number of nitro benzene ring substituents is 1. The Morgan fingerprint density at radius 2 is 1.86 bits per heavy atom. The van der Waals surface area contributed by atoms with E-state index < -0.39 is 10.8 Å². The molecule has 10 heteroatoms. The van der Waals surface area contributed by atoms with E-state index in [1.807, 2.05) is 37.3 Å². The minimum absolute atomic E-state index is 0.0583. The van der Waals surface area contributed by atoms with Crippen LogP contribution in [0.4, 0.5) is 11.4 Å². The number of ether oxygens (including phenoxy) is 1. The molecule has 0 aliphatic rings. The van der Waals surface area contributed by atoms with Crippen molar-refractivity contribution in [2.24, 2.45) is 0 Å². The first kappa shape index (κ1) is 24.0. The molecule has 0 bridgehead atoms. The first-order valence-electron chi connectivity index (χ1n) is 10.7. The molecular formula is C25H22N4O5S. The minimum atomic E-state index is -0.588. The first-order valence-corrected chi connectivity index (χ1v) is 11.7. The fourth-order valence-electron chi connectivity index (χ4n) is 3.66. The van der Waals surface area contributed by atoms with E-state index in [4.69, 9.17) is 4.74 Å². The summed E-state index contributed by atoms with van der Waals surface area (Å²) in [6, 6.07) is 20.5. The molecule has 4 aromatic rings. The number of nitrogens with zero attached hydrogens (tertiary/aromatic N) is 3. The average Bonchev–Trinajstić information content (AvgIpc) is 2.88. The lowest BCUT2D eigenvalue weighted by Gasteiger charge is -2.20. The topological polar surface area (TPSA) is 116 Å². The normalized spacial score (nSPS) is 11.7. The molecule has 0 radical (unpaired) electrons. The van der Waals surface area contributed by atoms with Crippen LogP contribution < -0.4 is 15.6 Å². The Kier molecular flexibility index (Phi) is 7.11. The van der Waals surface area contributed by atoms with Gasteiger partial charge in [0.1, 0.15) is 11.4 Å². The van der Waals surface area contributed by atoms with Crippen molar-refractivity contribution < 1.29 is 14.5 Å². The van der Waals surface area contributed by atoms with Crippen LogP contribution in [0.3, 0.4) is 0 Å². The van der Waals surface area contributed by atoms with Gasteiger partial charge in [-0.15, -0.1) is 0 Å². The van der Waals surface area contributed by atoms with Crippen LogP contribution >= 0.6 is 11.8 Å². The monoisotopic (exact) mass is 490 g/mol. The van der Waals surface area contributed by atoms with Crippen LogP contribution in [0.25, 0.3) is 10.9 Å². The third-order valence-electron chi connectivity index (χ3n) is 5.45. The molecule has 0 saturated heterocycles. The van der Waals surface area contributed by atoms with E-state index in [1.54, 1.807) is 28.8 Å². The summed E-state index contributed by atoms with van der Waals surface area (Å²) in [7, 11) is 1.40. The first-order chi connectivity index (χ1) is 16.9. The summed E-state index contributed by atoms with van der Waals surface area (Å²) in [5.41, 5.74) is 1.03. The maximum absolute atomic E-state index is 13.4. The van der Waals surface area contributed by atoms with Gasteiger partial charge in [-0.1, -0.05) is 54.2 Å². The van der Waals surface area contributed by atoms with E-state index >= 15 is 0 Å². The highest BCUT2D eigenvalue weighted by Gasteiger charge is 2.21. The van der Waals surface area contributed by atoms with Crippen molar-refractivity contribution >= 4 is 39.9 Å². The van der Waals surface area contributed by atoms with Gasteiger partial charge in [-0.3, -0.25) is 24.3 Å². The molecule has 35 heavy (non-hydrogen) atoms. The third-order valence-corrected chi connectivity index (χ3v) is 6.41. The van der Waals surface area contributed by atoms with Gasteiger partial charge in [0.25, 0.3) is 11.2 Å². The fourth-order valence-corrected chi connectivity index (χ4v) is 4.54. The summed E-state index contributed by atoms with van der Waals surface area (Å²) >= 11 is 1.09. The summed E-state index contributed by atoms with van der Waals surface area (Å²) in [6.07, 6.45) is 0. The molecule has 0 saturated carbocycles. The largest absolute Gasteiger partial charge is 0.496 e. The van der Waals surface area contributed by atoms with Crippen molar-refractivity contribution in [1.82, 2.24) is 9.55 Å². The van der Waals surface area contributed by atoms with Crippen LogP contribution in [0, 0.1) is 10.1 Å². The highest BCUT2D eigenvalue weighted by Crippen LogP contribution is 2.30. The molecule has 0 fully saturated rings. The molecule has 1 atom stereocenters. The summed E-state index contributed by atoms with van der Waals surface area (Å²) in [5, 5.41) is 14.8. The second kappa shape index (κ2) is 10.4. The van der Waals surface area contributed by atoms with E-state index in [-0.39, 0.29) is 28.7 Å². The minimum Gasteiger partial charge on any atom is -0.496 e. The lowest BCUT2D eigenvalue weighted by atomic mass is 10.1. The standard InChI is InChI=1S/C25H22N4O5S/c1-16(17-8-4-3-5-9-17)28-24(31)19-10-6-7-11-20(19)27-25(28)35-15-23(30)26-21-13-12-18(34-2)14-22(21)29(32)33/h3-14,16H,15H2,1-2H3,(H,26,30)/t16-/m1/s1. The van der Waals surface area contributed by atoms with Gasteiger partial charge in [0.2, 0.25) is 5.91 Å². The smallest absolute Gasteiger partial charge is 0.296 e. The SMILES string of the molecule is COc1ccc(NC(=O)CSc2nc3ccccc3c(=O)n2[C@H](C)c2ccccc2)c([N+](=O)[O-])c1. The number of methoxy groups -OCH3 is 1. The van der Waals surface area contributed by atoms with Gasteiger partial charge in [-0.05, 0) is 36.8 Å². The molecule has 1 heterocycles. The number of benzene rings is 3. The summed E-state index contributed by atoms with van der Waals surface area (Å²) in [4.78, 5) is 41.6. The molecule has 4 rings (SSSR count). The van der Waals surface area contributed by atoms with E-state index in [9.17, 15) is 19.7 Å². The Labute approximate surface area is 204 Å². The molecule has 3 aromatic carbocycles. The second-order valence-corrected chi connectivity index (χ2v) is 8.59. The quantitative estimate of drug-likeness (QED) is 0.165. The number of hydrogen-bond acceptors (Lipinski definition) is 7. The number of carbonyl (C=O) groups excluding carboxylic acids is 1. The molecule has 0 spiro atoms. The number of rotatable bonds is 8. The van der Waals surface area contributed by atoms with Crippen molar-refractivity contribution in [2.75, 3.05) is 18.2 Å². The number of anilines is 1. The van der Waals surface area contributed by atoms with Crippen LogP contribution in [0.2, 0.25) is 0 Å². The van der Waals surface area contributed by atoms with Gasteiger partial charge in [-0.2, -0.15) is 0 Å². The molecule has 0 aliphatic carbocycles. The molecular weight excluding hydrogens is 468 g/mol. The number of thioether (sulfide) groups is 1. The highest BCUT2D eigenvalue weighted by molar-refractivity contribution is 7.99. The van der Waals surface area contributed by atoms with Crippen LogP contribution in [0.1, 0.15) is 18.5 Å². The van der Waals surface area contributed by atoms with Crippen LogP contribution in [0.15, 0.2) is 82.7 Å². The Morgan fingerprint density at radius 3 is 2.57 bits per heavy atom. The number of nitro groups is 1. The van der Waals surface area contributed by atoms with Crippen molar-refractivity contribution in [3.8, 4) is 5.75 Å².